The summed E-state index contributed by atoms with van der Waals surface area (Å²) in [7, 11) is 0. The zero-order valence-corrected chi connectivity index (χ0v) is 9.07. The van der Waals surface area contributed by atoms with Crippen LogP contribution in [0.5, 0.6) is 0 Å². The minimum atomic E-state index is -1.43. The molecular weight excluding hydrogens is 238 g/mol. The summed E-state index contributed by atoms with van der Waals surface area (Å²) < 4.78 is 51.9. The van der Waals surface area contributed by atoms with Crippen molar-refractivity contribution in [3.8, 4) is 0 Å². The van der Waals surface area contributed by atoms with Crippen LogP contribution in [0.3, 0.4) is 0 Å². The van der Waals surface area contributed by atoms with Gasteiger partial charge in [-0.05, 0) is 19.3 Å². The first-order valence-corrected chi connectivity index (χ1v) is 5.25. The second kappa shape index (κ2) is 6.44. The Labute approximate surface area is 96.3 Å². The van der Waals surface area contributed by atoms with Gasteiger partial charge in [-0.3, -0.25) is 0 Å². The molecule has 1 aromatic rings. The van der Waals surface area contributed by atoms with Crippen LogP contribution >= 0.6 is 0 Å². The highest BCUT2D eigenvalue weighted by Gasteiger charge is 2.18. The van der Waals surface area contributed by atoms with Gasteiger partial charge in [-0.25, -0.2) is 17.6 Å². The van der Waals surface area contributed by atoms with Gasteiger partial charge in [0.2, 0.25) is 0 Å². The molecule has 0 aliphatic carbocycles. The molecule has 0 bridgehead atoms. The van der Waals surface area contributed by atoms with Gasteiger partial charge >= 0.3 is 0 Å². The maximum absolute atomic E-state index is 13.1. The minimum absolute atomic E-state index is 0.0390. The fourth-order valence-electron chi connectivity index (χ4n) is 1.36. The Balaban J connectivity index is 2.64. The third kappa shape index (κ3) is 3.59. The first-order valence-electron chi connectivity index (χ1n) is 5.25. The van der Waals surface area contributed by atoms with Gasteiger partial charge in [-0.2, -0.15) is 0 Å². The topological polar surface area (TPSA) is 32.3 Å². The number of halogens is 4. The van der Waals surface area contributed by atoms with Gasteiger partial charge in [0.15, 0.2) is 23.3 Å². The second-order valence-corrected chi connectivity index (χ2v) is 3.55. The van der Waals surface area contributed by atoms with Crippen molar-refractivity contribution in [3.63, 3.8) is 0 Å². The van der Waals surface area contributed by atoms with Crippen LogP contribution in [0, 0.1) is 23.3 Å². The van der Waals surface area contributed by atoms with Crippen molar-refractivity contribution in [1.29, 1.82) is 0 Å². The van der Waals surface area contributed by atoms with Crippen molar-refractivity contribution in [2.75, 3.05) is 18.5 Å². The number of hydrogen-bond acceptors (Lipinski definition) is 2. The van der Waals surface area contributed by atoms with Crippen LogP contribution in [-0.4, -0.2) is 18.3 Å². The molecule has 0 aliphatic heterocycles. The van der Waals surface area contributed by atoms with Crippen molar-refractivity contribution < 1.29 is 22.7 Å². The molecule has 17 heavy (non-hydrogen) atoms. The van der Waals surface area contributed by atoms with Crippen LogP contribution in [0.25, 0.3) is 0 Å². The fraction of sp³-hybridized carbons (Fsp3) is 0.455. The Morgan fingerprint density at radius 3 is 2.06 bits per heavy atom. The van der Waals surface area contributed by atoms with Crippen LogP contribution in [0.4, 0.5) is 23.2 Å². The third-order valence-corrected chi connectivity index (χ3v) is 2.25. The van der Waals surface area contributed by atoms with E-state index in [0.717, 1.165) is 0 Å². The van der Waals surface area contributed by atoms with E-state index in [1.54, 1.807) is 0 Å². The number of aliphatic hydroxyl groups excluding tert-OH is 1. The highest BCUT2D eigenvalue weighted by Crippen LogP contribution is 2.23. The maximum atomic E-state index is 13.1. The molecular formula is C11H13F4NO. The average Bonchev–Trinajstić information content (AvgIpc) is 2.30. The van der Waals surface area contributed by atoms with Crippen LogP contribution in [0.1, 0.15) is 19.3 Å². The van der Waals surface area contributed by atoms with E-state index in [-0.39, 0.29) is 19.2 Å². The lowest BCUT2D eigenvalue weighted by Crippen LogP contribution is -2.08. The SMILES string of the molecule is OCCCCCNc1c(F)c(F)cc(F)c1F. The zero-order chi connectivity index (χ0) is 12.8. The number of rotatable bonds is 6. The van der Waals surface area contributed by atoms with Crippen molar-refractivity contribution in [2.24, 2.45) is 0 Å². The Morgan fingerprint density at radius 1 is 0.941 bits per heavy atom. The molecule has 2 N–H and O–H groups in total. The molecule has 0 atom stereocenters. The van der Waals surface area contributed by atoms with E-state index in [4.69, 9.17) is 5.11 Å². The van der Waals surface area contributed by atoms with Gasteiger partial charge < -0.3 is 10.4 Å². The van der Waals surface area contributed by atoms with E-state index in [0.29, 0.717) is 19.3 Å². The molecule has 0 fully saturated rings. The van der Waals surface area contributed by atoms with Crippen LogP contribution in [-0.2, 0) is 0 Å². The van der Waals surface area contributed by atoms with Crippen molar-refractivity contribution in [1.82, 2.24) is 0 Å². The van der Waals surface area contributed by atoms with E-state index in [1.165, 1.54) is 0 Å². The Morgan fingerprint density at radius 2 is 1.53 bits per heavy atom. The highest BCUT2D eigenvalue weighted by molar-refractivity contribution is 5.47. The molecule has 1 rings (SSSR count). The average molecular weight is 251 g/mol. The molecule has 0 saturated carbocycles. The summed E-state index contributed by atoms with van der Waals surface area (Å²) >= 11 is 0. The zero-order valence-electron chi connectivity index (χ0n) is 9.07. The molecule has 0 aromatic heterocycles. The first kappa shape index (κ1) is 13.8. The summed E-state index contributed by atoms with van der Waals surface area (Å²) in [6.07, 6.45) is 1.77. The van der Waals surface area contributed by atoms with Gasteiger partial charge in [0.1, 0.15) is 5.69 Å². The Kier molecular flexibility index (Phi) is 5.21. The standard InChI is InChI=1S/C11H13F4NO/c12-7-6-8(13)10(15)11(9(7)14)16-4-2-1-3-5-17/h6,16-17H,1-5H2. The van der Waals surface area contributed by atoms with E-state index < -0.39 is 29.0 Å². The normalized spacial score (nSPS) is 10.6. The van der Waals surface area contributed by atoms with Gasteiger partial charge in [0, 0.05) is 19.2 Å². The second-order valence-electron chi connectivity index (χ2n) is 3.55. The number of anilines is 1. The molecule has 2 nitrogen and oxygen atoms in total. The smallest absolute Gasteiger partial charge is 0.185 e. The molecule has 0 saturated heterocycles. The number of hydrogen-bond donors (Lipinski definition) is 2. The molecule has 1 aromatic carbocycles. The predicted molar refractivity (Wildman–Crippen MR) is 55.7 cm³/mol. The lowest BCUT2D eigenvalue weighted by Gasteiger charge is -2.09. The van der Waals surface area contributed by atoms with Gasteiger partial charge in [0.25, 0.3) is 0 Å². The number of unbranched alkanes of at least 4 members (excludes halogenated alkanes) is 2. The minimum Gasteiger partial charge on any atom is -0.396 e. The van der Waals surface area contributed by atoms with Crippen LogP contribution < -0.4 is 5.32 Å². The van der Waals surface area contributed by atoms with Gasteiger partial charge in [0.05, 0.1) is 0 Å². The number of nitrogens with one attached hydrogen (secondary N) is 1. The summed E-state index contributed by atoms with van der Waals surface area (Å²) in [6, 6.07) is 0.168. The first-order chi connectivity index (χ1) is 8.07. The summed E-state index contributed by atoms with van der Waals surface area (Å²) in [5, 5.41) is 10.8. The Hall–Kier alpha value is -1.30. The van der Waals surface area contributed by atoms with Gasteiger partial charge in [-0.15, -0.1) is 0 Å². The molecule has 96 valence electrons. The fourth-order valence-corrected chi connectivity index (χ4v) is 1.36. The summed E-state index contributed by atoms with van der Waals surface area (Å²) in [6.45, 7) is 0.216. The Bertz CT molecular complexity index is 358. The van der Waals surface area contributed by atoms with Crippen molar-refractivity contribution in [3.05, 3.63) is 29.3 Å². The largest absolute Gasteiger partial charge is 0.396 e. The van der Waals surface area contributed by atoms with E-state index in [2.05, 4.69) is 5.32 Å². The molecule has 0 radical (unpaired) electrons. The van der Waals surface area contributed by atoms with Crippen LogP contribution in [0.2, 0.25) is 0 Å². The monoisotopic (exact) mass is 251 g/mol. The highest BCUT2D eigenvalue weighted by atomic mass is 19.2. The van der Waals surface area contributed by atoms with E-state index in [9.17, 15) is 17.6 Å². The summed E-state index contributed by atoms with van der Waals surface area (Å²) in [5.41, 5.74) is -0.786. The molecule has 0 spiro atoms. The van der Waals surface area contributed by atoms with Crippen LogP contribution in [0.15, 0.2) is 6.07 Å². The van der Waals surface area contributed by atoms with Gasteiger partial charge in [-0.1, -0.05) is 0 Å². The molecule has 0 unspecified atom stereocenters. The van der Waals surface area contributed by atoms with E-state index in [1.807, 2.05) is 0 Å². The molecule has 6 heteroatoms. The van der Waals surface area contributed by atoms with Crippen molar-refractivity contribution >= 4 is 5.69 Å². The molecule has 0 aliphatic rings. The quantitative estimate of drug-likeness (QED) is 0.463. The summed E-state index contributed by atoms with van der Waals surface area (Å²) in [5.74, 6) is -5.71. The summed E-state index contributed by atoms with van der Waals surface area (Å²) in [4.78, 5) is 0. The lowest BCUT2D eigenvalue weighted by atomic mass is 10.2. The third-order valence-electron chi connectivity index (χ3n) is 2.25. The lowest BCUT2D eigenvalue weighted by molar-refractivity contribution is 0.283. The van der Waals surface area contributed by atoms with E-state index >= 15 is 0 Å². The molecule has 0 heterocycles. The van der Waals surface area contributed by atoms with Crippen molar-refractivity contribution in [2.45, 2.75) is 19.3 Å². The predicted octanol–water partition coefficient (Wildman–Crippen LogP) is 2.82. The number of benzene rings is 1. The maximum Gasteiger partial charge on any atom is 0.185 e. The number of aliphatic hydroxyl groups is 1. The molecule has 0 amide bonds.